The summed E-state index contributed by atoms with van der Waals surface area (Å²) in [7, 11) is -1.67. The number of furan rings is 1. The SMILES string of the molecule is CC(C)[C@H](O)[C@]1(C)C(=O)N(C(C)C)[C@H]1c1ccoc1[Si](C)(C)C. The zero-order chi connectivity index (χ0) is 17.7. The zero-order valence-electron chi connectivity index (χ0n) is 15.7. The summed E-state index contributed by atoms with van der Waals surface area (Å²) in [6, 6.07) is 1.97. The van der Waals surface area contributed by atoms with E-state index in [1.165, 1.54) is 0 Å². The molecule has 1 amide bonds. The van der Waals surface area contributed by atoms with E-state index in [0.29, 0.717) is 0 Å². The van der Waals surface area contributed by atoms with Gasteiger partial charge in [0.25, 0.3) is 0 Å². The fourth-order valence-corrected chi connectivity index (χ4v) is 5.37. The quantitative estimate of drug-likeness (QED) is 0.663. The summed E-state index contributed by atoms with van der Waals surface area (Å²) in [6.45, 7) is 16.6. The molecular formula is C18H31NO3Si. The van der Waals surface area contributed by atoms with Crippen molar-refractivity contribution in [3.8, 4) is 0 Å². The van der Waals surface area contributed by atoms with Gasteiger partial charge in [-0.1, -0.05) is 33.5 Å². The molecule has 1 saturated heterocycles. The lowest BCUT2D eigenvalue weighted by Gasteiger charge is -2.59. The third-order valence-corrected chi connectivity index (χ3v) is 6.78. The van der Waals surface area contributed by atoms with Crippen molar-refractivity contribution in [2.45, 2.75) is 72.4 Å². The zero-order valence-corrected chi connectivity index (χ0v) is 16.7. The van der Waals surface area contributed by atoms with Crippen LogP contribution in [-0.4, -0.2) is 36.1 Å². The second kappa shape index (κ2) is 5.78. The molecule has 0 aromatic carbocycles. The van der Waals surface area contributed by atoms with E-state index in [9.17, 15) is 9.90 Å². The fraction of sp³-hybridized carbons (Fsp3) is 0.722. The second-order valence-electron chi connectivity index (χ2n) is 8.64. The highest BCUT2D eigenvalue weighted by molar-refractivity contribution is 6.88. The van der Waals surface area contributed by atoms with Crippen LogP contribution in [0.4, 0.5) is 0 Å². The van der Waals surface area contributed by atoms with Crippen molar-refractivity contribution in [1.82, 2.24) is 4.90 Å². The summed E-state index contributed by atoms with van der Waals surface area (Å²) < 4.78 is 5.82. The topological polar surface area (TPSA) is 53.7 Å². The molecule has 1 aliphatic rings. The summed E-state index contributed by atoms with van der Waals surface area (Å²) >= 11 is 0. The smallest absolute Gasteiger partial charge is 0.234 e. The van der Waals surface area contributed by atoms with Crippen molar-refractivity contribution >= 4 is 19.4 Å². The summed E-state index contributed by atoms with van der Waals surface area (Å²) in [6.07, 6.45) is 1.06. The molecular weight excluding hydrogens is 306 g/mol. The van der Waals surface area contributed by atoms with Gasteiger partial charge in [-0.05, 0) is 32.8 Å². The van der Waals surface area contributed by atoms with Crippen LogP contribution in [0.15, 0.2) is 16.7 Å². The average molecular weight is 338 g/mol. The number of aliphatic hydroxyl groups excluding tert-OH is 1. The van der Waals surface area contributed by atoms with E-state index in [1.807, 2.05) is 45.6 Å². The van der Waals surface area contributed by atoms with Gasteiger partial charge in [-0.25, -0.2) is 0 Å². The van der Waals surface area contributed by atoms with Gasteiger partial charge in [0.05, 0.1) is 29.2 Å². The van der Waals surface area contributed by atoms with E-state index >= 15 is 0 Å². The molecule has 0 radical (unpaired) electrons. The third-order valence-electron chi connectivity index (χ3n) is 5.02. The molecule has 0 unspecified atom stereocenters. The normalized spacial score (nSPS) is 26.8. The van der Waals surface area contributed by atoms with E-state index in [-0.39, 0.29) is 23.9 Å². The molecule has 5 heteroatoms. The van der Waals surface area contributed by atoms with Crippen LogP contribution in [0.3, 0.4) is 0 Å². The largest absolute Gasteiger partial charge is 0.474 e. The predicted octanol–water partition coefficient (Wildman–Crippen LogP) is 3.14. The first-order chi connectivity index (χ1) is 10.4. The van der Waals surface area contributed by atoms with Gasteiger partial charge in [-0.2, -0.15) is 0 Å². The first-order valence-electron chi connectivity index (χ1n) is 8.52. The molecule has 1 aliphatic heterocycles. The summed E-state index contributed by atoms with van der Waals surface area (Å²) in [5, 5.41) is 11.8. The number of amides is 1. The number of hydrogen-bond acceptors (Lipinski definition) is 3. The number of hydrogen-bond donors (Lipinski definition) is 1. The van der Waals surface area contributed by atoms with Crippen LogP contribution in [0.5, 0.6) is 0 Å². The summed E-state index contributed by atoms with van der Waals surface area (Å²) in [4.78, 5) is 14.8. The first-order valence-corrected chi connectivity index (χ1v) is 12.0. The number of β-lactam (4-membered cyclic amide) rings is 1. The molecule has 1 aromatic rings. The molecule has 0 bridgehead atoms. The van der Waals surface area contributed by atoms with Crippen LogP contribution in [0, 0.1) is 11.3 Å². The molecule has 3 atom stereocenters. The van der Waals surface area contributed by atoms with Crippen molar-refractivity contribution in [3.63, 3.8) is 0 Å². The Kier molecular flexibility index (Phi) is 4.59. The highest BCUT2D eigenvalue weighted by atomic mass is 28.3. The lowest BCUT2D eigenvalue weighted by Crippen LogP contribution is -2.70. The van der Waals surface area contributed by atoms with E-state index in [2.05, 4.69) is 19.6 Å². The van der Waals surface area contributed by atoms with Gasteiger partial charge >= 0.3 is 0 Å². The maximum Gasteiger partial charge on any atom is 0.234 e. The molecule has 2 heterocycles. The summed E-state index contributed by atoms with van der Waals surface area (Å²) in [5.41, 5.74) is 0.302. The second-order valence-corrected chi connectivity index (χ2v) is 13.6. The minimum atomic E-state index is -1.67. The van der Waals surface area contributed by atoms with Gasteiger partial charge < -0.3 is 14.4 Å². The minimum absolute atomic E-state index is 0.0306. The standard InChI is InChI=1S/C18H31NO3Si/c1-11(2)15(20)18(5)14(19(12(3)4)17(18)21)13-9-10-22-16(13)23(6,7)8/h9-12,14-15,20H,1-8H3/t14-,15-,18+/m0/s1. The lowest BCUT2D eigenvalue weighted by molar-refractivity contribution is -0.194. The number of carbonyl (C=O) groups excluding carboxylic acids is 1. The molecule has 130 valence electrons. The Morgan fingerprint density at radius 2 is 1.83 bits per heavy atom. The Bertz CT molecular complexity index is 587. The maximum atomic E-state index is 12.9. The molecule has 0 aliphatic carbocycles. The Balaban J connectivity index is 2.56. The Labute approximate surface area is 140 Å². The van der Waals surface area contributed by atoms with Crippen LogP contribution >= 0.6 is 0 Å². The van der Waals surface area contributed by atoms with E-state index in [0.717, 1.165) is 10.9 Å². The minimum Gasteiger partial charge on any atom is -0.474 e. The molecule has 4 nitrogen and oxygen atoms in total. The molecule has 0 saturated carbocycles. The monoisotopic (exact) mass is 337 g/mol. The fourth-order valence-electron chi connectivity index (χ4n) is 3.87. The number of likely N-dealkylation sites (tertiary alicyclic amines) is 1. The van der Waals surface area contributed by atoms with Crippen molar-refractivity contribution in [2.24, 2.45) is 11.3 Å². The Morgan fingerprint density at radius 1 is 1.26 bits per heavy atom. The van der Waals surface area contributed by atoms with Crippen molar-refractivity contribution in [1.29, 1.82) is 0 Å². The van der Waals surface area contributed by atoms with Crippen LogP contribution in [-0.2, 0) is 4.79 Å². The molecule has 0 spiro atoms. The average Bonchev–Trinajstić information content (AvgIpc) is 2.90. The van der Waals surface area contributed by atoms with Gasteiger partial charge in [0.1, 0.15) is 8.07 Å². The van der Waals surface area contributed by atoms with Crippen molar-refractivity contribution in [3.05, 3.63) is 17.9 Å². The van der Waals surface area contributed by atoms with Crippen molar-refractivity contribution in [2.75, 3.05) is 0 Å². The van der Waals surface area contributed by atoms with Gasteiger partial charge in [0.2, 0.25) is 5.91 Å². The summed E-state index contributed by atoms with van der Waals surface area (Å²) in [5.74, 6) is 0.0735. The van der Waals surface area contributed by atoms with Gasteiger partial charge in [0, 0.05) is 11.6 Å². The van der Waals surface area contributed by atoms with Crippen LogP contribution < -0.4 is 5.38 Å². The van der Waals surface area contributed by atoms with E-state index < -0.39 is 19.6 Å². The lowest BCUT2D eigenvalue weighted by atomic mass is 9.63. The van der Waals surface area contributed by atoms with Gasteiger partial charge in [-0.15, -0.1) is 0 Å². The number of rotatable bonds is 5. The Morgan fingerprint density at radius 3 is 2.26 bits per heavy atom. The Hall–Kier alpha value is -1.07. The molecule has 1 N–H and O–H groups in total. The first kappa shape index (κ1) is 18.3. The number of aliphatic hydroxyl groups is 1. The third kappa shape index (κ3) is 2.68. The molecule has 1 fully saturated rings. The molecule has 1 aromatic heterocycles. The highest BCUT2D eigenvalue weighted by Crippen LogP contribution is 2.54. The van der Waals surface area contributed by atoms with Gasteiger partial charge in [0.15, 0.2) is 0 Å². The highest BCUT2D eigenvalue weighted by Gasteiger charge is 2.63. The number of carbonyl (C=O) groups is 1. The van der Waals surface area contributed by atoms with Crippen LogP contribution in [0.1, 0.15) is 46.2 Å². The predicted molar refractivity (Wildman–Crippen MR) is 95.4 cm³/mol. The van der Waals surface area contributed by atoms with Crippen LogP contribution in [0.2, 0.25) is 19.6 Å². The molecule has 23 heavy (non-hydrogen) atoms. The van der Waals surface area contributed by atoms with E-state index in [4.69, 9.17) is 4.42 Å². The van der Waals surface area contributed by atoms with Gasteiger partial charge in [-0.3, -0.25) is 4.79 Å². The molecule has 2 rings (SSSR count). The van der Waals surface area contributed by atoms with Crippen molar-refractivity contribution < 1.29 is 14.3 Å². The number of nitrogens with zero attached hydrogens (tertiary/aromatic N) is 1. The maximum absolute atomic E-state index is 12.9. The van der Waals surface area contributed by atoms with Crippen LogP contribution in [0.25, 0.3) is 0 Å². The van der Waals surface area contributed by atoms with E-state index in [1.54, 1.807) is 6.26 Å².